The lowest BCUT2D eigenvalue weighted by Crippen LogP contribution is -2.14. The van der Waals surface area contributed by atoms with Crippen LogP contribution in [-0.2, 0) is 11.4 Å². The van der Waals surface area contributed by atoms with E-state index in [0.717, 1.165) is 20.3 Å². The average Bonchev–Trinajstić information content (AvgIpc) is 2.84. The fourth-order valence-corrected chi connectivity index (χ4v) is 4.21. The number of carbonyl (C=O) groups is 2. The van der Waals surface area contributed by atoms with E-state index in [1.165, 1.54) is 18.2 Å². The van der Waals surface area contributed by atoms with Gasteiger partial charge in [-0.2, -0.15) is 5.26 Å². The van der Waals surface area contributed by atoms with E-state index in [4.69, 9.17) is 14.6 Å². The van der Waals surface area contributed by atoms with Crippen molar-refractivity contribution in [3.8, 4) is 17.6 Å². The molecule has 184 valence electrons. The Balaban J connectivity index is 1.83. The molecule has 7 nitrogen and oxygen atoms in total. The van der Waals surface area contributed by atoms with Crippen molar-refractivity contribution in [2.24, 2.45) is 0 Å². The van der Waals surface area contributed by atoms with Crippen LogP contribution in [0.1, 0.15) is 39.5 Å². The second kappa shape index (κ2) is 12.2. The molecule has 0 heterocycles. The normalized spacial score (nSPS) is 10.9. The van der Waals surface area contributed by atoms with Gasteiger partial charge in [-0.15, -0.1) is 0 Å². The quantitative estimate of drug-likeness (QED) is 0.175. The van der Waals surface area contributed by atoms with Gasteiger partial charge in [-0.05, 0) is 96.5 Å². The van der Waals surface area contributed by atoms with Gasteiger partial charge in [-0.1, -0.05) is 29.8 Å². The highest BCUT2D eigenvalue weighted by molar-refractivity contribution is 14.1. The summed E-state index contributed by atoms with van der Waals surface area (Å²) in [4.78, 5) is 23.8. The van der Waals surface area contributed by atoms with Crippen LogP contribution in [-0.4, -0.2) is 23.6 Å². The first kappa shape index (κ1) is 26.8. The monoisotopic (exact) mass is 596 g/mol. The average molecular weight is 596 g/mol. The summed E-state index contributed by atoms with van der Waals surface area (Å²) in [6.45, 7) is 6.33. The van der Waals surface area contributed by atoms with E-state index < -0.39 is 11.9 Å². The van der Waals surface area contributed by atoms with Gasteiger partial charge in [0.1, 0.15) is 18.2 Å². The van der Waals surface area contributed by atoms with E-state index in [9.17, 15) is 14.9 Å². The van der Waals surface area contributed by atoms with E-state index in [1.54, 1.807) is 24.3 Å². The zero-order chi connectivity index (χ0) is 26.2. The molecule has 2 N–H and O–H groups in total. The molecule has 3 rings (SSSR count). The molecule has 3 aromatic rings. The van der Waals surface area contributed by atoms with Crippen molar-refractivity contribution in [2.75, 3.05) is 11.9 Å². The Morgan fingerprint density at radius 1 is 1.08 bits per heavy atom. The number of halogens is 1. The molecule has 36 heavy (non-hydrogen) atoms. The highest BCUT2D eigenvalue weighted by atomic mass is 127. The van der Waals surface area contributed by atoms with Gasteiger partial charge in [-0.25, -0.2) is 4.79 Å². The van der Waals surface area contributed by atoms with Gasteiger partial charge in [0.15, 0.2) is 11.5 Å². The number of amides is 1. The maximum absolute atomic E-state index is 12.8. The van der Waals surface area contributed by atoms with Crippen molar-refractivity contribution >= 4 is 46.2 Å². The van der Waals surface area contributed by atoms with Gasteiger partial charge in [-0.3, -0.25) is 4.79 Å². The van der Waals surface area contributed by atoms with Crippen molar-refractivity contribution in [3.05, 3.63) is 91.6 Å². The molecule has 0 unspecified atom stereocenters. The van der Waals surface area contributed by atoms with Crippen LogP contribution in [0.15, 0.2) is 60.2 Å². The molecule has 3 aromatic carbocycles. The smallest absolute Gasteiger partial charge is 0.335 e. The molecule has 8 heteroatoms. The molecule has 0 fully saturated rings. The van der Waals surface area contributed by atoms with E-state index in [0.29, 0.717) is 29.4 Å². The number of anilines is 1. The Labute approximate surface area is 223 Å². The lowest BCUT2D eigenvalue weighted by molar-refractivity contribution is -0.112. The molecule has 0 aliphatic rings. The summed E-state index contributed by atoms with van der Waals surface area (Å²) in [6.07, 6.45) is 1.51. The van der Waals surface area contributed by atoms with E-state index in [1.807, 2.05) is 45.0 Å². The fourth-order valence-electron chi connectivity index (χ4n) is 3.43. The lowest BCUT2D eigenvalue weighted by Gasteiger charge is -2.15. The zero-order valence-electron chi connectivity index (χ0n) is 20.1. The third kappa shape index (κ3) is 6.86. The molecular formula is C28H25IN2O5. The second-order valence-corrected chi connectivity index (χ2v) is 9.16. The number of carboxylic acids is 1. The summed E-state index contributed by atoms with van der Waals surface area (Å²) < 4.78 is 12.5. The standard InChI is InChI=1S/C28H25IN2O5/c1-4-35-25-14-20(12-22(15-30)27(32)31-24-10-5-17(2)11-18(24)3)13-23(29)26(25)36-16-19-6-8-21(9-7-19)28(33)34/h5-14H,4,16H2,1-3H3,(H,31,32)(H,33,34)/b22-12+. The number of benzene rings is 3. The molecule has 0 spiro atoms. The molecule has 0 bridgehead atoms. The van der Waals surface area contributed by atoms with Gasteiger partial charge in [0, 0.05) is 5.69 Å². The molecule has 0 aliphatic carbocycles. The van der Waals surface area contributed by atoms with E-state index >= 15 is 0 Å². The van der Waals surface area contributed by atoms with Crippen molar-refractivity contribution in [1.29, 1.82) is 5.26 Å². The molecule has 0 saturated carbocycles. The van der Waals surface area contributed by atoms with Crippen LogP contribution in [0.4, 0.5) is 5.69 Å². The second-order valence-electron chi connectivity index (χ2n) is 8.00. The SMILES string of the molecule is CCOc1cc(/C=C(\C#N)C(=O)Nc2ccc(C)cc2C)cc(I)c1OCc1ccc(C(=O)O)cc1. The van der Waals surface area contributed by atoms with Gasteiger partial charge < -0.3 is 19.9 Å². The Morgan fingerprint density at radius 2 is 1.81 bits per heavy atom. The first-order valence-corrected chi connectivity index (χ1v) is 12.2. The van der Waals surface area contributed by atoms with Gasteiger partial charge in [0.05, 0.1) is 15.7 Å². The van der Waals surface area contributed by atoms with Gasteiger partial charge >= 0.3 is 5.97 Å². The highest BCUT2D eigenvalue weighted by Crippen LogP contribution is 2.35. The van der Waals surface area contributed by atoms with Crippen LogP contribution < -0.4 is 14.8 Å². The molecule has 0 aliphatic heterocycles. The Kier molecular flexibility index (Phi) is 9.08. The van der Waals surface area contributed by atoms with Crippen molar-refractivity contribution < 1.29 is 24.2 Å². The summed E-state index contributed by atoms with van der Waals surface area (Å²) in [5.74, 6) is -0.485. The van der Waals surface area contributed by atoms with Crippen LogP contribution in [0, 0.1) is 28.7 Å². The highest BCUT2D eigenvalue weighted by Gasteiger charge is 2.15. The maximum Gasteiger partial charge on any atom is 0.335 e. The maximum atomic E-state index is 12.8. The van der Waals surface area contributed by atoms with Crippen LogP contribution in [0.25, 0.3) is 6.08 Å². The number of rotatable bonds is 9. The minimum absolute atomic E-state index is 0.0413. The number of hydrogen-bond donors (Lipinski definition) is 2. The van der Waals surface area contributed by atoms with Crippen molar-refractivity contribution in [3.63, 3.8) is 0 Å². The summed E-state index contributed by atoms with van der Waals surface area (Å²) in [5, 5.41) is 21.5. The number of nitrogens with one attached hydrogen (secondary N) is 1. The number of nitrogens with zero attached hydrogens (tertiary/aromatic N) is 1. The number of carboxylic acid groups (broad SMARTS) is 1. The third-order valence-corrected chi connectivity index (χ3v) is 6.02. The summed E-state index contributed by atoms with van der Waals surface area (Å²) in [5.41, 5.74) is 4.23. The molecule has 1 amide bonds. The van der Waals surface area contributed by atoms with E-state index in [-0.39, 0.29) is 17.7 Å². The number of aryl methyl sites for hydroxylation is 2. The molecule has 0 radical (unpaired) electrons. The van der Waals surface area contributed by atoms with Gasteiger partial charge in [0.2, 0.25) is 0 Å². The van der Waals surface area contributed by atoms with Crippen LogP contribution in [0.5, 0.6) is 11.5 Å². The Hall–Kier alpha value is -3.84. The number of hydrogen-bond acceptors (Lipinski definition) is 5. The zero-order valence-corrected chi connectivity index (χ0v) is 22.3. The predicted octanol–water partition coefficient (Wildman–Crippen LogP) is 6.13. The number of ether oxygens (including phenoxy) is 2. The molecule has 0 atom stereocenters. The lowest BCUT2D eigenvalue weighted by atomic mass is 10.1. The molecule has 0 aromatic heterocycles. The largest absolute Gasteiger partial charge is 0.490 e. The molecular weight excluding hydrogens is 571 g/mol. The number of aromatic carboxylic acids is 1. The Bertz CT molecular complexity index is 1360. The topological polar surface area (TPSA) is 109 Å². The minimum atomic E-state index is -0.987. The number of nitriles is 1. The van der Waals surface area contributed by atoms with Gasteiger partial charge in [0.25, 0.3) is 5.91 Å². The first-order valence-electron chi connectivity index (χ1n) is 11.1. The number of carbonyl (C=O) groups excluding carboxylic acids is 1. The molecule has 0 saturated heterocycles. The first-order chi connectivity index (χ1) is 17.2. The van der Waals surface area contributed by atoms with Crippen LogP contribution in [0.2, 0.25) is 0 Å². The van der Waals surface area contributed by atoms with E-state index in [2.05, 4.69) is 27.9 Å². The minimum Gasteiger partial charge on any atom is -0.490 e. The predicted molar refractivity (Wildman–Crippen MR) is 146 cm³/mol. The van der Waals surface area contributed by atoms with Crippen molar-refractivity contribution in [2.45, 2.75) is 27.4 Å². The van der Waals surface area contributed by atoms with Crippen molar-refractivity contribution in [1.82, 2.24) is 0 Å². The summed E-state index contributed by atoms with van der Waals surface area (Å²) >= 11 is 2.11. The summed E-state index contributed by atoms with van der Waals surface area (Å²) in [7, 11) is 0. The van der Waals surface area contributed by atoms with Crippen LogP contribution in [0.3, 0.4) is 0 Å². The van der Waals surface area contributed by atoms with Crippen LogP contribution >= 0.6 is 22.6 Å². The Morgan fingerprint density at radius 3 is 2.42 bits per heavy atom. The third-order valence-electron chi connectivity index (χ3n) is 5.22. The summed E-state index contributed by atoms with van der Waals surface area (Å²) in [6, 6.07) is 17.6. The fraction of sp³-hybridized carbons (Fsp3) is 0.179.